The van der Waals surface area contributed by atoms with Gasteiger partial charge in [0.1, 0.15) is 5.60 Å². The average Bonchev–Trinajstić information content (AvgIpc) is 2.34. The molecule has 0 heterocycles. The van der Waals surface area contributed by atoms with Crippen molar-refractivity contribution in [2.24, 2.45) is 0 Å². The predicted octanol–water partition coefficient (Wildman–Crippen LogP) is 4.91. The van der Waals surface area contributed by atoms with Gasteiger partial charge in [0.15, 0.2) is 0 Å². The second kappa shape index (κ2) is 9.68. The Morgan fingerprint density at radius 3 is 1.79 bits per heavy atom. The van der Waals surface area contributed by atoms with Gasteiger partial charge in [0.2, 0.25) is 0 Å². The van der Waals surface area contributed by atoms with E-state index in [1.54, 1.807) is 0 Å². The normalized spacial score (nSPS) is 22.0. The maximum Gasteiger partial charge on any atom is 0.307 e. The van der Waals surface area contributed by atoms with Crippen molar-refractivity contribution in [2.45, 2.75) is 89.6 Å². The zero-order chi connectivity index (χ0) is 14.0. The molecule has 0 amide bonds. The fourth-order valence-corrected chi connectivity index (χ4v) is 3.06. The lowest BCUT2D eigenvalue weighted by molar-refractivity contribution is -0.159. The van der Waals surface area contributed by atoms with Crippen LogP contribution in [0.1, 0.15) is 84.0 Å². The van der Waals surface area contributed by atoms with Crippen LogP contribution in [-0.2, 0) is 9.53 Å². The highest BCUT2D eigenvalue weighted by Crippen LogP contribution is 2.28. The van der Waals surface area contributed by atoms with Gasteiger partial charge in [0.05, 0.1) is 6.42 Å². The van der Waals surface area contributed by atoms with Crippen LogP contribution in [0.5, 0.6) is 0 Å². The smallest absolute Gasteiger partial charge is 0.307 e. The largest absolute Gasteiger partial charge is 0.459 e. The molecule has 0 aromatic heterocycles. The Balaban J connectivity index is 2.46. The summed E-state index contributed by atoms with van der Waals surface area (Å²) in [5.74, 6) is 0.499. The Labute approximate surface area is 124 Å². The van der Waals surface area contributed by atoms with Crippen LogP contribution in [-0.4, -0.2) is 17.3 Å². The maximum absolute atomic E-state index is 11.7. The van der Waals surface area contributed by atoms with Gasteiger partial charge in [0.25, 0.3) is 0 Å². The molecule has 2 nitrogen and oxygen atoms in total. The highest BCUT2D eigenvalue weighted by Gasteiger charge is 2.27. The minimum Gasteiger partial charge on any atom is -0.459 e. The quantitative estimate of drug-likeness (QED) is 0.589. The van der Waals surface area contributed by atoms with Crippen molar-refractivity contribution >= 4 is 18.6 Å². The standard InChI is InChI=1S/C16H30O2S/c1-16(18-15(17)11-14-19)12-9-7-5-3-2-4-6-8-10-13-16/h19H,2-14H2,1H3. The summed E-state index contributed by atoms with van der Waals surface area (Å²) < 4.78 is 5.74. The molecule has 1 aliphatic carbocycles. The van der Waals surface area contributed by atoms with E-state index in [0.717, 1.165) is 12.8 Å². The van der Waals surface area contributed by atoms with Gasteiger partial charge in [-0.15, -0.1) is 0 Å². The van der Waals surface area contributed by atoms with E-state index in [0.29, 0.717) is 12.2 Å². The number of hydrogen-bond donors (Lipinski definition) is 1. The van der Waals surface area contributed by atoms with Crippen molar-refractivity contribution in [3.05, 3.63) is 0 Å². The predicted molar refractivity (Wildman–Crippen MR) is 83.8 cm³/mol. The molecular weight excluding hydrogens is 256 g/mol. The Kier molecular flexibility index (Phi) is 8.60. The molecule has 3 heteroatoms. The lowest BCUT2D eigenvalue weighted by Crippen LogP contribution is -2.32. The van der Waals surface area contributed by atoms with Gasteiger partial charge in [-0.25, -0.2) is 0 Å². The first kappa shape index (κ1) is 16.9. The number of hydrogen-bond acceptors (Lipinski definition) is 3. The summed E-state index contributed by atoms with van der Waals surface area (Å²) in [6, 6.07) is 0. The Hall–Kier alpha value is -0.180. The SMILES string of the molecule is CC1(OC(=O)CCS)CCCCCCCCCCC1. The third-order valence-corrected chi connectivity index (χ3v) is 4.31. The van der Waals surface area contributed by atoms with Gasteiger partial charge >= 0.3 is 5.97 Å². The van der Waals surface area contributed by atoms with E-state index in [1.165, 1.54) is 57.8 Å². The molecule has 1 aliphatic rings. The van der Waals surface area contributed by atoms with Crippen LogP contribution in [0.2, 0.25) is 0 Å². The van der Waals surface area contributed by atoms with Crippen molar-refractivity contribution in [1.29, 1.82) is 0 Å². The second-order valence-corrected chi connectivity index (χ2v) is 6.53. The summed E-state index contributed by atoms with van der Waals surface area (Å²) >= 11 is 4.10. The molecule has 0 N–H and O–H groups in total. The molecule has 1 rings (SSSR count). The molecule has 0 aromatic carbocycles. The molecule has 19 heavy (non-hydrogen) atoms. The van der Waals surface area contributed by atoms with Crippen molar-refractivity contribution in [3.8, 4) is 0 Å². The number of ether oxygens (including phenoxy) is 1. The van der Waals surface area contributed by atoms with Crippen LogP contribution < -0.4 is 0 Å². The lowest BCUT2D eigenvalue weighted by Gasteiger charge is -2.30. The van der Waals surface area contributed by atoms with Gasteiger partial charge in [0, 0.05) is 5.75 Å². The van der Waals surface area contributed by atoms with Crippen LogP contribution in [0.3, 0.4) is 0 Å². The van der Waals surface area contributed by atoms with Crippen LogP contribution in [0.15, 0.2) is 0 Å². The van der Waals surface area contributed by atoms with E-state index in [9.17, 15) is 4.79 Å². The minimum absolute atomic E-state index is 0.0791. The van der Waals surface area contributed by atoms with Crippen molar-refractivity contribution in [3.63, 3.8) is 0 Å². The highest BCUT2D eigenvalue weighted by molar-refractivity contribution is 7.80. The first-order valence-electron chi connectivity index (χ1n) is 7.99. The molecule has 0 aromatic rings. The van der Waals surface area contributed by atoms with Crippen LogP contribution in [0, 0.1) is 0 Å². The number of thiol groups is 1. The summed E-state index contributed by atoms with van der Waals surface area (Å²) in [5, 5.41) is 0. The highest BCUT2D eigenvalue weighted by atomic mass is 32.1. The molecular formula is C16H30O2S. The van der Waals surface area contributed by atoms with Gasteiger partial charge in [-0.05, 0) is 32.6 Å². The molecule has 0 unspecified atom stereocenters. The van der Waals surface area contributed by atoms with Gasteiger partial charge in [-0.1, -0.05) is 44.9 Å². The third kappa shape index (κ3) is 7.86. The first-order chi connectivity index (χ1) is 9.16. The summed E-state index contributed by atoms with van der Waals surface area (Å²) in [5.41, 5.74) is -0.237. The Bertz CT molecular complexity index is 241. The molecule has 1 saturated carbocycles. The van der Waals surface area contributed by atoms with Crippen molar-refractivity contribution < 1.29 is 9.53 Å². The molecule has 0 atom stereocenters. The Morgan fingerprint density at radius 1 is 0.947 bits per heavy atom. The summed E-state index contributed by atoms with van der Waals surface area (Å²) in [6.07, 6.45) is 14.2. The summed E-state index contributed by atoms with van der Waals surface area (Å²) in [7, 11) is 0. The summed E-state index contributed by atoms with van der Waals surface area (Å²) in [6.45, 7) is 2.12. The van der Waals surface area contributed by atoms with Gasteiger partial charge in [-0.2, -0.15) is 12.6 Å². The van der Waals surface area contributed by atoms with E-state index in [-0.39, 0.29) is 11.6 Å². The molecule has 112 valence electrons. The topological polar surface area (TPSA) is 26.3 Å². The third-order valence-electron chi connectivity index (χ3n) is 4.09. The van der Waals surface area contributed by atoms with Crippen LogP contribution in [0.4, 0.5) is 0 Å². The van der Waals surface area contributed by atoms with Gasteiger partial charge in [-0.3, -0.25) is 4.79 Å². The lowest BCUT2D eigenvalue weighted by atomic mass is 9.90. The minimum atomic E-state index is -0.237. The maximum atomic E-state index is 11.7. The zero-order valence-electron chi connectivity index (χ0n) is 12.5. The summed E-state index contributed by atoms with van der Waals surface area (Å²) in [4.78, 5) is 11.7. The molecule has 0 spiro atoms. The van der Waals surface area contributed by atoms with E-state index < -0.39 is 0 Å². The second-order valence-electron chi connectivity index (χ2n) is 6.08. The zero-order valence-corrected chi connectivity index (χ0v) is 13.4. The first-order valence-corrected chi connectivity index (χ1v) is 8.62. The van der Waals surface area contributed by atoms with E-state index in [1.807, 2.05) is 0 Å². The number of carbonyl (C=O) groups excluding carboxylic acids is 1. The van der Waals surface area contributed by atoms with Gasteiger partial charge < -0.3 is 4.74 Å². The number of rotatable bonds is 3. The fraction of sp³-hybridized carbons (Fsp3) is 0.938. The molecule has 0 saturated heterocycles. The van der Waals surface area contributed by atoms with Crippen molar-refractivity contribution in [2.75, 3.05) is 5.75 Å². The van der Waals surface area contributed by atoms with E-state index in [4.69, 9.17) is 4.74 Å². The molecule has 1 fully saturated rings. The van der Waals surface area contributed by atoms with Crippen LogP contribution >= 0.6 is 12.6 Å². The molecule has 0 aliphatic heterocycles. The Morgan fingerprint density at radius 2 is 1.37 bits per heavy atom. The number of carbonyl (C=O) groups is 1. The average molecular weight is 286 g/mol. The van der Waals surface area contributed by atoms with E-state index >= 15 is 0 Å². The monoisotopic (exact) mass is 286 g/mol. The number of esters is 1. The van der Waals surface area contributed by atoms with Crippen molar-refractivity contribution in [1.82, 2.24) is 0 Å². The van der Waals surface area contributed by atoms with Crippen LogP contribution in [0.25, 0.3) is 0 Å². The molecule has 0 radical (unpaired) electrons. The van der Waals surface area contributed by atoms with E-state index in [2.05, 4.69) is 19.6 Å². The fourth-order valence-electron chi connectivity index (χ4n) is 2.88. The molecule has 0 bridgehead atoms.